The summed E-state index contributed by atoms with van der Waals surface area (Å²) in [5.74, 6) is -0.710. The van der Waals surface area contributed by atoms with E-state index >= 15 is 0 Å². The Balaban J connectivity index is 2.69. The van der Waals surface area contributed by atoms with E-state index in [1.54, 1.807) is 24.3 Å². The minimum atomic E-state index is -0.977. The Labute approximate surface area is 121 Å². The number of nitrogens with one attached hydrogen (secondary N) is 1. The van der Waals surface area contributed by atoms with Crippen molar-refractivity contribution in [2.45, 2.75) is 11.3 Å². The minimum absolute atomic E-state index is 0.176. The largest absolute Gasteiger partial charge is 0.325 e. The van der Waals surface area contributed by atoms with Crippen LogP contribution in [-0.2, 0) is 14.4 Å². The van der Waals surface area contributed by atoms with Gasteiger partial charge < -0.3 is 21.6 Å². The summed E-state index contributed by atoms with van der Waals surface area (Å²) in [4.78, 5) is 34.2. The second-order valence-corrected chi connectivity index (χ2v) is 5.10. The summed E-state index contributed by atoms with van der Waals surface area (Å²) in [6, 6.07) is 8.70. The maximum atomic E-state index is 12.1. The minimum Gasteiger partial charge on any atom is -0.325 e. The zero-order valence-electron chi connectivity index (χ0n) is 10.7. The van der Waals surface area contributed by atoms with Crippen LogP contribution in [0.3, 0.4) is 0 Å². The monoisotopic (exact) mass is 294 g/mol. The first-order chi connectivity index (χ1) is 9.58. The zero-order valence-corrected chi connectivity index (χ0v) is 11.6. The number of rotatable bonds is 8. The van der Waals surface area contributed by atoms with Crippen LogP contribution >= 0.6 is 11.8 Å². The highest BCUT2D eigenvalue weighted by Gasteiger charge is 2.26. The summed E-state index contributed by atoms with van der Waals surface area (Å²) in [7, 11) is 0. The van der Waals surface area contributed by atoms with Crippen molar-refractivity contribution in [3.8, 4) is 0 Å². The maximum absolute atomic E-state index is 12.1. The molecule has 1 unspecified atom stereocenters. The van der Waals surface area contributed by atoms with E-state index in [4.69, 9.17) is 11.5 Å². The van der Waals surface area contributed by atoms with E-state index in [9.17, 15) is 14.4 Å². The molecule has 1 rings (SSSR count). The van der Waals surface area contributed by atoms with Gasteiger partial charge in [0.15, 0.2) is 5.78 Å². The predicted molar refractivity (Wildman–Crippen MR) is 78.3 cm³/mol. The molecule has 7 heteroatoms. The van der Waals surface area contributed by atoms with E-state index in [0.717, 1.165) is 11.8 Å². The number of nitrogens with two attached hydrogens (primary N) is 2. The summed E-state index contributed by atoms with van der Waals surface area (Å²) in [5.41, 5.74) is 11.3. The molecular weight excluding hydrogens is 278 g/mol. The first-order valence-electron chi connectivity index (χ1n) is 5.90. The molecule has 0 saturated heterocycles. The van der Waals surface area contributed by atoms with Crippen LogP contribution in [0.2, 0.25) is 0 Å². The van der Waals surface area contributed by atoms with Gasteiger partial charge in [0.25, 0.3) is 0 Å². The van der Waals surface area contributed by atoms with Crippen LogP contribution < -0.4 is 16.8 Å². The third-order valence-corrected chi connectivity index (χ3v) is 3.74. The lowest BCUT2D eigenvalue weighted by Gasteiger charge is -2.15. The molecule has 6 nitrogen and oxygen atoms in total. The van der Waals surface area contributed by atoms with Gasteiger partial charge in [0.2, 0.25) is 5.91 Å². The molecule has 1 aromatic carbocycles. The van der Waals surface area contributed by atoms with E-state index < -0.39 is 23.0 Å². The third-order valence-electron chi connectivity index (χ3n) is 2.35. The molecule has 0 aliphatic rings. The molecular formula is C13H16N3O3S. The molecule has 1 aromatic rings. The molecule has 0 aromatic heterocycles. The highest BCUT2D eigenvalue weighted by molar-refractivity contribution is 8.01. The van der Waals surface area contributed by atoms with E-state index in [0.29, 0.717) is 12.0 Å². The van der Waals surface area contributed by atoms with E-state index in [1.165, 1.54) is 0 Å². The molecule has 2 atom stereocenters. The topological polar surface area (TPSA) is 115 Å². The fraction of sp³-hybridized carbons (Fsp3) is 0.308. The number of benzene rings is 1. The summed E-state index contributed by atoms with van der Waals surface area (Å²) in [6.07, 6.45) is 0.571. The SMILES string of the molecule is NCC(=O)C(SC[C@H](N)C=O)C(=O)Nc1cc[c]cc1. The lowest BCUT2D eigenvalue weighted by molar-refractivity contribution is -0.124. The molecule has 1 amide bonds. The van der Waals surface area contributed by atoms with Crippen molar-refractivity contribution in [3.05, 3.63) is 30.3 Å². The Kier molecular flexibility index (Phi) is 6.92. The van der Waals surface area contributed by atoms with Crippen molar-refractivity contribution in [2.75, 3.05) is 17.6 Å². The fourth-order valence-corrected chi connectivity index (χ4v) is 2.33. The number of Topliss-reactive ketones (excluding diaryl/α,β-unsaturated/α-hetero) is 1. The maximum Gasteiger partial charge on any atom is 0.245 e. The van der Waals surface area contributed by atoms with Gasteiger partial charge >= 0.3 is 0 Å². The van der Waals surface area contributed by atoms with Gasteiger partial charge in [-0.3, -0.25) is 9.59 Å². The average Bonchev–Trinajstić information content (AvgIpc) is 2.47. The Bertz CT molecular complexity index is 467. The van der Waals surface area contributed by atoms with Crippen molar-refractivity contribution < 1.29 is 14.4 Å². The van der Waals surface area contributed by atoms with Gasteiger partial charge in [0, 0.05) is 11.4 Å². The van der Waals surface area contributed by atoms with Crippen LogP contribution in [0.5, 0.6) is 0 Å². The summed E-state index contributed by atoms with van der Waals surface area (Å²) >= 11 is 1.01. The molecule has 0 aliphatic heterocycles. The average molecular weight is 294 g/mol. The molecule has 0 spiro atoms. The first kappa shape index (κ1) is 16.4. The Morgan fingerprint density at radius 1 is 1.40 bits per heavy atom. The van der Waals surface area contributed by atoms with Gasteiger partial charge in [-0.1, -0.05) is 12.1 Å². The number of aldehydes is 1. The first-order valence-corrected chi connectivity index (χ1v) is 6.95. The van der Waals surface area contributed by atoms with Gasteiger partial charge in [-0.25, -0.2) is 0 Å². The lowest BCUT2D eigenvalue weighted by atomic mass is 10.2. The molecule has 0 bridgehead atoms. The fourth-order valence-electron chi connectivity index (χ4n) is 1.35. The van der Waals surface area contributed by atoms with Crippen LogP contribution in [-0.4, -0.2) is 41.6 Å². The van der Waals surface area contributed by atoms with Gasteiger partial charge in [-0.05, 0) is 18.2 Å². The molecule has 0 saturated carbocycles. The van der Waals surface area contributed by atoms with Crippen LogP contribution in [0.25, 0.3) is 0 Å². The number of hydrogen-bond donors (Lipinski definition) is 3. The predicted octanol–water partition coefficient (Wildman–Crippen LogP) is -0.419. The second kappa shape index (κ2) is 8.47. The smallest absolute Gasteiger partial charge is 0.245 e. The van der Waals surface area contributed by atoms with Crippen LogP contribution in [0.1, 0.15) is 0 Å². The number of hydrogen-bond acceptors (Lipinski definition) is 6. The molecule has 107 valence electrons. The second-order valence-electron chi connectivity index (χ2n) is 3.96. The molecule has 1 radical (unpaired) electrons. The van der Waals surface area contributed by atoms with Crippen LogP contribution in [0, 0.1) is 6.07 Å². The Morgan fingerprint density at radius 3 is 2.60 bits per heavy atom. The summed E-state index contributed by atoms with van der Waals surface area (Å²) in [6.45, 7) is -0.246. The zero-order chi connectivity index (χ0) is 15.0. The normalized spacial score (nSPS) is 13.3. The number of carbonyl (C=O) groups excluding carboxylic acids is 3. The quantitative estimate of drug-likeness (QED) is 0.443. The molecule has 0 aliphatic carbocycles. The molecule has 0 heterocycles. The van der Waals surface area contributed by atoms with Crippen LogP contribution in [0.4, 0.5) is 5.69 Å². The lowest BCUT2D eigenvalue weighted by Crippen LogP contribution is -2.38. The van der Waals surface area contributed by atoms with Crippen molar-refractivity contribution in [1.82, 2.24) is 0 Å². The highest BCUT2D eigenvalue weighted by Crippen LogP contribution is 2.15. The van der Waals surface area contributed by atoms with Crippen molar-refractivity contribution in [2.24, 2.45) is 11.5 Å². The van der Waals surface area contributed by atoms with Gasteiger partial charge in [-0.15, -0.1) is 11.8 Å². The highest BCUT2D eigenvalue weighted by atomic mass is 32.2. The van der Waals surface area contributed by atoms with Crippen LogP contribution in [0.15, 0.2) is 24.3 Å². The van der Waals surface area contributed by atoms with E-state index in [1.807, 2.05) is 0 Å². The number of anilines is 1. The summed E-state index contributed by atoms with van der Waals surface area (Å²) in [5, 5.41) is 1.64. The standard InChI is InChI=1S/C13H16N3O3S/c14-6-11(18)12(20-8-9(15)7-17)13(19)16-10-4-2-1-3-5-10/h2-5,7,9,12H,6,8,14-15H2,(H,16,19)/t9-,12?/m1/s1. The molecule has 0 fully saturated rings. The Hall–Kier alpha value is -1.70. The van der Waals surface area contributed by atoms with Gasteiger partial charge in [-0.2, -0.15) is 0 Å². The van der Waals surface area contributed by atoms with Crippen molar-refractivity contribution in [3.63, 3.8) is 0 Å². The number of amides is 1. The van der Waals surface area contributed by atoms with Crippen molar-refractivity contribution >= 4 is 35.4 Å². The number of ketones is 1. The van der Waals surface area contributed by atoms with E-state index in [2.05, 4.69) is 11.4 Å². The third kappa shape index (κ3) is 5.12. The van der Waals surface area contributed by atoms with E-state index in [-0.39, 0.29) is 12.3 Å². The van der Waals surface area contributed by atoms with Crippen molar-refractivity contribution in [1.29, 1.82) is 0 Å². The van der Waals surface area contributed by atoms with Gasteiger partial charge in [0.1, 0.15) is 11.5 Å². The number of thioether (sulfide) groups is 1. The number of carbonyl (C=O) groups is 3. The molecule has 20 heavy (non-hydrogen) atoms. The molecule has 5 N–H and O–H groups in total. The van der Waals surface area contributed by atoms with Gasteiger partial charge in [0.05, 0.1) is 12.6 Å². The Morgan fingerprint density at radius 2 is 2.05 bits per heavy atom. The summed E-state index contributed by atoms with van der Waals surface area (Å²) < 4.78 is 0.